The fourth-order valence-corrected chi connectivity index (χ4v) is 3.23. The summed E-state index contributed by atoms with van der Waals surface area (Å²) in [7, 11) is 1.49. The predicted octanol–water partition coefficient (Wildman–Crippen LogP) is 0.291. The summed E-state index contributed by atoms with van der Waals surface area (Å²) < 4.78 is 14.9. The molecular weight excluding hydrogens is 438 g/mol. The molecule has 1 aromatic carbocycles. The first-order valence-corrected chi connectivity index (χ1v) is 10.5. The van der Waals surface area contributed by atoms with E-state index >= 15 is 0 Å². The van der Waals surface area contributed by atoms with Crippen LogP contribution >= 0.6 is 12.2 Å². The zero-order valence-electron chi connectivity index (χ0n) is 17.8. The summed E-state index contributed by atoms with van der Waals surface area (Å²) in [5, 5.41) is 5.20. The summed E-state index contributed by atoms with van der Waals surface area (Å²) in [6.45, 7) is 1.11. The highest BCUT2D eigenvalue weighted by atomic mass is 32.1. The molecule has 1 saturated heterocycles. The van der Waals surface area contributed by atoms with Crippen molar-refractivity contribution in [3.8, 4) is 0 Å². The Hall–Kier alpha value is -3.05. The molecule has 0 aromatic heterocycles. The van der Waals surface area contributed by atoms with E-state index in [4.69, 9.17) is 26.4 Å². The molecule has 0 aliphatic carbocycles. The van der Waals surface area contributed by atoms with Crippen molar-refractivity contribution < 1.29 is 33.4 Å². The maximum atomic E-state index is 12.3. The Labute approximate surface area is 191 Å². The van der Waals surface area contributed by atoms with E-state index in [1.165, 1.54) is 12.0 Å². The first-order chi connectivity index (χ1) is 15.4. The number of benzene rings is 1. The van der Waals surface area contributed by atoms with E-state index in [-0.39, 0.29) is 50.1 Å². The lowest BCUT2D eigenvalue weighted by atomic mass is 10.1. The molecule has 0 spiro atoms. The number of esters is 2. The first kappa shape index (κ1) is 25.2. The summed E-state index contributed by atoms with van der Waals surface area (Å²) in [6, 6.07) is 8.27. The minimum atomic E-state index is -0.904. The predicted molar refractivity (Wildman–Crippen MR) is 117 cm³/mol. The van der Waals surface area contributed by atoms with Crippen LogP contribution in [0.5, 0.6) is 0 Å². The number of nitrogens with zero attached hydrogens (tertiary/aromatic N) is 1. The molecule has 1 aromatic rings. The molecule has 2 rings (SSSR count). The number of rotatable bonds is 10. The van der Waals surface area contributed by atoms with E-state index < -0.39 is 23.9 Å². The molecule has 1 aliphatic heterocycles. The highest BCUT2D eigenvalue weighted by molar-refractivity contribution is 7.80. The summed E-state index contributed by atoms with van der Waals surface area (Å²) in [5.74, 6) is -1.96. The van der Waals surface area contributed by atoms with Crippen molar-refractivity contribution in [3.05, 3.63) is 35.9 Å². The van der Waals surface area contributed by atoms with Crippen LogP contribution in [0.4, 0.5) is 0 Å². The zero-order chi connectivity index (χ0) is 23.3. The molecule has 11 heteroatoms. The molecule has 10 nitrogen and oxygen atoms in total. The van der Waals surface area contributed by atoms with Crippen LogP contribution in [-0.4, -0.2) is 73.2 Å². The Morgan fingerprint density at radius 1 is 1.12 bits per heavy atom. The van der Waals surface area contributed by atoms with E-state index in [1.54, 1.807) is 0 Å². The Bertz CT molecular complexity index is 819. The second kappa shape index (κ2) is 13.4. The maximum Gasteiger partial charge on any atom is 0.308 e. The molecule has 1 unspecified atom stereocenters. The fraction of sp³-hybridized carbons (Fsp3) is 0.476. The van der Waals surface area contributed by atoms with Crippen molar-refractivity contribution in [2.45, 2.75) is 31.9 Å². The Kier molecular flexibility index (Phi) is 10.5. The third-order valence-electron chi connectivity index (χ3n) is 4.55. The molecule has 1 heterocycles. The zero-order valence-corrected chi connectivity index (χ0v) is 18.7. The average Bonchev–Trinajstić information content (AvgIpc) is 2.78. The molecule has 0 saturated carbocycles. The minimum absolute atomic E-state index is 0.0125. The molecule has 1 atom stereocenters. The van der Waals surface area contributed by atoms with Gasteiger partial charge in [-0.05, 0) is 17.8 Å². The molecule has 0 bridgehead atoms. The van der Waals surface area contributed by atoms with Crippen LogP contribution in [0.3, 0.4) is 0 Å². The number of methoxy groups -OCH3 is 1. The number of piperazine rings is 1. The van der Waals surface area contributed by atoms with Gasteiger partial charge in [-0.1, -0.05) is 30.3 Å². The molecule has 174 valence electrons. The van der Waals surface area contributed by atoms with Gasteiger partial charge in [-0.15, -0.1) is 0 Å². The monoisotopic (exact) mass is 465 g/mol. The summed E-state index contributed by atoms with van der Waals surface area (Å²) >= 11 is 5.27. The Morgan fingerprint density at radius 3 is 2.59 bits per heavy atom. The van der Waals surface area contributed by atoms with Crippen molar-refractivity contribution in [3.63, 3.8) is 0 Å². The van der Waals surface area contributed by atoms with Crippen molar-refractivity contribution in [1.29, 1.82) is 0 Å². The third-order valence-corrected chi connectivity index (χ3v) is 4.88. The third kappa shape index (κ3) is 8.60. The van der Waals surface area contributed by atoms with E-state index in [9.17, 15) is 19.2 Å². The molecule has 0 radical (unpaired) electrons. The molecule has 1 aliphatic rings. The van der Waals surface area contributed by atoms with Crippen LogP contribution in [-0.2, 0) is 40.0 Å². The second-order valence-corrected chi connectivity index (χ2v) is 7.30. The van der Waals surface area contributed by atoms with E-state index in [1.807, 2.05) is 30.3 Å². The van der Waals surface area contributed by atoms with Crippen molar-refractivity contribution in [2.24, 2.45) is 0 Å². The maximum absolute atomic E-state index is 12.3. The fourth-order valence-electron chi connectivity index (χ4n) is 2.90. The summed E-state index contributed by atoms with van der Waals surface area (Å²) in [5.41, 5.74) is 0.828. The number of nitrogens with one attached hydrogen (secondary N) is 2. The smallest absolute Gasteiger partial charge is 0.308 e. The number of amides is 2. The quantitative estimate of drug-likeness (QED) is 0.285. The molecule has 2 N–H and O–H groups in total. The van der Waals surface area contributed by atoms with Crippen LogP contribution in [0.15, 0.2) is 30.3 Å². The van der Waals surface area contributed by atoms with Crippen molar-refractivity contribution >= 4 is 41.1 Å². The summed E-state index contributed by atoms with van der Waals surface area (Å²) in [6.07, 6.45) is -0.468. The average molecular weight is 466 g/mol. The highest BCUT2D eigenvalue weighted by Gasteiger charge is 2.34. The number of ether oxygens (including phenoxy) is 3. The number of carbonyl (C=O) groups is 4. The lowest BCUT2D eigenvalue weighted by Crippen LogP contribution is -2.60. The van der Waals surface area contributed by atoms with Crippen LogP contribution in [0, 0.1) is 0 Å². The molecule has 1 fully saturated rings. The van der Waals surface area contributed by atoms with Crippen molar-refractivity contribution in [2.75, 3.05) is 33.4 Å². The minimum Gasteiger partial charge on any atom is -0.463 e. The number of hydrogen-bond donors (Lipinski definition) is 2. The Morgan fingerprint density at radius 2 is 1.88 bits per heavy atom. The summed E-state index contributed by atoms with van der Waals surface area (Å²) in [4.78, 5) is 49.8. The van der Waals surface area contributed by atoms with Crippen molar-refractivity contribution in [1.82, 2.24) is 15.5 Å². The van der Waals surface area contributed by atoms with Gasteiger partial charge in [0.1, 0.15) is 19.3 Å². The molecular formula is C21H27N3O7S. The van der Waals surface area contributed by atoms with Gasteiger partial charge in [0.25, 0.3) is 0 Å². The van der Waals surface area contributed by atoms with Gasteiger partial charge in [0.15, 0.2) is 5.11 Å². The van der Waals surface area contributed by atoms with Gasteiger partial charge in [0.05, 0.1) is 19.4 Å². The SMILES string of the molecule is COCCOC(=O)CCC(=O)NC(=S)N1CCNC(=O)C1CC(=O)OCc1ccccc1. The van der Waals surface area contributed by atoms with Gasteiger partial charge >= 0.3 is 11.9 Å². The van der Waals surface area contributed by atoms with Crippen LogP contribution in [0.1, 0.15) is 24.8 Å². The number of hydrogen-bond acceptors (Lipinski definition) is 8. The number of carbonyl (C=O) groups excluding carboxylic acids is 4. The van der Waals surface area contributed by atoms with Gasteiger partial charge in [-0.3, -0.25) is 19.2 Å². The van der Waals surface area contributed by atoms with E-state index in [0.29, 0.717) is 13.1 Å². The van der Waals surface area contributed by atoms with E-state index in [0.717, 1.165) is 5.56 Å². The molecule has 32 heavy (non-hydrogen) atoms. The lowest BCUT2D eigenvalue weighted by molar-refractivity contribution is -0.148. The standard InChI is InChI=1S/C21H27N3O7S/c1-29-11-12-30-18(26)8-7-17(25)23-21(32)24-10-9-22-20(28)16(24)13-19(27)31-14-15-5-3-2-4-6-15/h2-6,16H,7-14H2,1H3,(H,22,28)(H,23,25,32). The van der Waals surface area contributed by atoms with Gasteiger partial charge in [0, 0.05) is 26.6 Å². The molecule has 2 amide bonds. The normalized spacial score (nSPS) is 15.5. The Balaban J connectivity index is 1.83. The van der Waals surface area contributed by atoms with E-state index in [2.05, 4.69) is 10.6 Å². The largest absolute Gasteiger partial charge is 0.463 e. The van der Waals surface area contributed by atoms with Gasteiger partial charge in [0.2, 0.25) is 11.8 Å². The van der Waals surface area contributed by atoms with Gasteiger partial charge in [-0.2, -0.15) is 0 Å². The van der Waals surface area contributed by atoms with Crippen LogP contribution < -0.4 is 10.6 Å². The first-order valence-electron chi connectivity index (χ1n) is 10.1. The lowest BCUT2D eigenvalue weighted by Gasteiger charge is -2.36. The van der Waals surface area contributed by atoms with Gasteiger partial charge in [-0.25, -0.2) is 0 Å². The van der Waals surface area contributed by atoms with Crippen LogP contribution in [0.2, 0.25) is 0 Å². The highest BCUT2D eigenvalue weighted by Crippen LogP contribution is 2.12. The number of thiocarbonyl (C=S) groups is 1. The van der Waals surface area contributed by atoms with Gasteiger partial charge < -0.3 is 29.7 Å². The van der Waals surface area contributed by atoms with Crippen LogP contribution in [0.25, 0.3) is 0 Å². The second-order valence-electron chi connectivity index (χ2n) is 6.92. The topological polar surface area (TPSA) is 123 Å².